The summed E-state index contributed by atoms with van der Waals surface area (Å²) in [5, 5.41) is 1.67. The van der Waals surface area contributed by atoms with Crippen molar-refractivity contribution in [1.29, 1.82) is 0 Å². The van der Waals surface area contributed by atoms with Crippen LogP contribution in [0.15, 0.2) is 24.1 Å². The van der Waals surface area contributed by atoms with Crippen molar-refractivity contribution < 1.29 is 4.79 Å². The largest absolute Gasteiger partial charge is 0.291 e. The van der Waals surface area contributed by atoms with Crippen LogP contribution in [-0.2, 0) is 4.79 Å². The maximum Gasteiger partial charge on any atom is 0.180 e. The SMILES string of the molecule is C=C/C=C/SC=O. The van der Waals surface area contributed by atoms with Crippen LogP contribution in [0.1, 0.15) is 0 Å². The standard InChI is InChI=1S/C5H6OS/c1-2-3-4-7-5-6/h2-5H,1H2/b4-3+. The van der Waals surface area contributed by atoms with Gasteiger partial charge in [0.05, 0.1) is 0 Å². The van der Waals surface area contributed by atoms with Crippen LogP contribution in [-0.4, -0.2) is 5.62 Å². The van der Waals surface area contributed by atoms with Gasteiger partial charge in [-0.25, -0.2) is 0 Å². The third-order valence-electron chi connectivity index (χ3n) is 0.349. The van der Waals surface area contributed by atoms with E-state index in [1.165, 1.54) is 0 Å². The van der Waals surface area contributed by atoms with Crippen molar-refractivity contribution in [3.63, 3.8) is 0 Å². The molecule has 0 aliphatic rings. The van der Waals surface area contributed by atoms with E-state index in [4.69, 9.17) is 0 Å². The van der Waals surface area contributed by atoms with E-state index in [0.717, 1.165) is 17.4 Å². The van der Waals surface area contributed by atoms with Gasteiger partial charge in [-0.2, -0.15) is 0 Å². The quantitative estimate of drug-likeness (QED) is 0.409. The average Bonchev–Trinajstić information content (AvgIpc) is 1.69. The Morgan fingerprint density at radius 3 is 2.71 bits per heavy atom. The van der Waals surface area contributed by atoms with Crippen LogP contribution in [0.5, 0.6) is 0 Å². The lowest BCUT2D eigenvalue weighted by molar-refractivity contribution is 0.570. The summed E-state index contributed by atoms with van der Waals surface area (Å²) < 4.78 is 0. The van der Waals surface area contributed by atoms with Crippen molar-refractivity contribution >= 4 is 17.4 Å². The second-order valence-corrected chi connectivity index (χ2v) is 1.53. The van der Waals surface area contributed by atoms with Crippen LogP contribution in [0, 0.1) is 0 Å². The summed E-state index contributed by atoms with van der Waals surface area (Å²) in [5.41, 5.74) is 0.764. The zero-order chi connectivity index (χ0) is 5.54. The summed E-state index contributed by atoms with van der Waals surface area (Å²) in [5.74, 6) is 0. The fourth-order valence-electron chi connectivity index (χ4n) is 0.133. The highest BCUT2D eigenvalue weighted by Crippen LogP contribution is 1.93. The molecule has 0 saturated heterocycles. The second-order valence-electron chi connectivity index (χ2n) is 0.797. The molecule has 0 aromatic carbocycles. The molecule has 0 aromatic rings. The Labute approximate surface area is 47.1 Å². The second kappa shape index (κ2) is 5.50. The molecular formula is C5H6OS. The van der Waals surface area contributed by atoms with Crippen LogP contribution in [0.3, 0.4) is 0 Å². The summed E-state index contributed by atoms with van der Waals surface area (Å²) in [6.45, 7) is 3.42. The van der Waals surface area contributed by atoms with Gasteiger partial charge < -0.3 is 0 Å². The normalized spacial score (nSPS) is 9.14. The fraction of sp³-hybridized carbons (Fsp3) is 0. The molecule has 0 spiro atoms. The minimum absolute atomic E-state index is 0.764. The average molecular weight is 114 g/mol. The molecule has 0 aliphatic carbocycles. The van der Waals surface area contributed by atoms with Gasteiger partial charge in [0.2, 0.25) is 0 Å². The van der Waals surface area contributed by atoms with Crippen molar-refractivity contribution in [2.75, 3.05) is 0 Å². The molecule has 0 unspecified atom stereocenters. The number of allylic oxidation sites excluding steroid dienone is 2. The van der Waals surface area contributed by atoms with Gasteiger partial charge >= 0.3 is 0 Å². The highest BCUT2D eigenvalue weighted by atomic mass is 32.2. The van der Waals surface area contributed by atoms with E-state index in [-0.39, 0.29) is 0 Å². The van der Waals surface area contributed by atoms with Crippen molar-refractivity contribution in [2.24, 2.45) is 0 Å². The Morgan fingerprint density at radius 1 is 1.57 bits per heavy atom. The first-order chi connectivity index (χ1) is 3.41. The molecule has 2 heteroatoms. The predicted octanol–water partition coefficient (Wildman–Crippen LogP) is 1.61. The van der Waals surface area contributed by atoms with Gasteiger partial charge in [0, 0.05) is 0 Å². The third kappa shape index (κ3) is 5.50. The van der Waals surface area contributed by atoms with E-state index < -0.39 is 0 Å². The van der Waals surface area contributed by atoms with Gasteiger partial charge in [0.1, 0.15) is 0 Å². The zero-order valence-electron chi connectivity index (χ0n) is 3.83. The maximum atomic E-state index is 9.56. The van der Waals surface area contributed by atoms with Crippen LogP contribution >= 0.6 is 11.8 Å². The number of hydrogen-bond acceptors (Lipinski definition) is 2. The molecule has 0 radical (unpaired) electrons. The van der Waals surface area contributed by atoms with E-state index in [9.17, 15) is 4.79 Å². The molecule has 0 saturated carbocycles. The molecule has 0 rings (SSSR count). The van der Waals surface area contributed by atoms with Crippen molar-refractivity contribution in [2.45, 2.75) is 0 Å². The lowest BCUT2D eigenvalue weighted by atomic mass is 10.6. The number of carbonyl (C=O) groups is 1. The Bertz CT molecular complexity index is 86.1. The maximum absolute atomic E-state index is 9.56. The third-order valence-corrected chi connectivity index (χ3v) is 0.774. The van der Waals surface area contributed by atoms with Gasteiger partial charge in [-0.3, -0.25) is 4.79 Å². The van der Waals surface area contributed by atoms with Crippen LogP contribution in [0.25, 0.3) is 0 Å². The Kier molecular flexibility index (Phi) is 5.11. The molecule has 0 fully saturated rings. The molecule has 0 heterocycles. The molecule has 0 N–H and O–H groups in total. The van der Waals surface area contributed by atoms with Gasteiger partial charge in [0.25, 0.3) is 0 Å². The monoisotopic (exact) mass is 114 g/mol. The summed E-state index contributed by atoms with van der Waals surface area (Å²) in [7, 11) is 0. The Balaban J connectivity index is 3.08. The van der Waals surface area contributed by atoms with Gasteiger partial charge in [0.15, 0.2) is 5.62 Å². The molecule has 0 bridgehead atoms. The van der Waals surface area contributed by atoms with Crippen LogP contribution in [0.4, 0.5) is 0 Å². The summed E-state index contributed by atoms with van der Waals surface area (Å²) in [4.78, 5) is 9.56. The van der Waals surface area contributed by atoms with Crippen molar-refractivity contribution in [3.8, 4) is 0 Å². The number of rotatable bonds is 3. The van der Waals surface area contributed by atoms with Crippen LogP contribution in [0.2, 0.25) is 0 Å². The van der Waals surface area contributed by atoms with E-state index in [1.54, 1.807) is 17.6 Å². The van der Waals surface area contributed by atoms with E-state index >= 15 is 0 Å². The Hall–Kier alpha value is -0.500. The number of thioether (sulfide) groups is 1. The lowest BCUT2D eigenvalue weighted by Crippen LogP contribution is -1.48. The van der Waals surface area contributed by atoms with Gasteiger partial charge in [-0.05, 0) is 5.41 Å². The highest BCUT2D eigenvalue weighted by molar-refractivity contribution is 8.14. The molecule has 0 aromatic heterocycles. The number of carbonyl (C=O) groups excluding carboxylic acids is 1. The zero-order valence-corrected chi connectivity index (χ0v) is 4.65. The molecule has 0 aliphatic heterocycles. The lowest BCUT2D eigenvalue weighted by Gasteiger charge is -1.67. The number of hydrogen-bond donors (Lipinski definition) is 0. The summed E-state index contributed by atoms with van der Waals surface area (Å²) in [6, 6.07) is 0. The van der Waals surface area contributed by atoms with Crippen molar-refractivity contribution in [3.05, 3.63) is 24.1 Å². The van der Waals surface area contributed by atoms with E-state index in [0.29, 0.717) is 0 Å². The molecule has 1 nitrogen and oxygen atoms in total. The first-order valence-electron chi connectivity index (χ1n) is 1.78. The van der Waals surface area contributed by atoms with E-state index in [2.05, 4.69) is 6.58 Å². The Morgan fingerprint density at radius 2 is 2.29 bits per heavy atom. The first kappa shape index (κ1) is 6.50. The van der Waals surface area contributed by atoms with Gasteiger partial charge in [-0.1, -0.05) is 30.5 Å². The first-order valence-corrected chi connectivity index (χ1v) is 2.72. The van der Waals surface area contributed by atoms with Gasteiger partial charge in [-0.15, -0.1) is 0 Å². The summed E-state index contributed by atoms with van der Waals surface area (Å²) >= 11 is 1.10. The molecule has 0 atom stereocenters. The molecule has 7 heavy (non-hydrogen) atoms. The predicted molar refractivity (Wildman–Crippen MR) is 33.7 cm³/mol. The molecule has 0 amide bonds. The van der Waals surface area contributed by atoms with Crippen molar-refractivity contribution in [1.82, 2.24) is 0 Å². The fourth-order valence-corrected chi connectivity index (χ4v) is 0.399. The van der Waals surface area contributed by atoms with E-state index in [1.807, 2.05) is 0 Å². The minimum Gasteiger partial charge on any atom is -0.291 e. The molecular weight excluding hydrogens is 108 g/mol. The smallest absolute Gasteiger partial charge is 0.180 e. The highest BCUT2D eigenvalue weighted by Gasteiger charge is 1.64. The summed E-state index contributed by atoms with van der Waals surface area (Å²) in [6.07, 6.45) is 3.33. The molecule has 38 valence electrons. The van der Waals surface area contributed by atoms with Crippen LogP contribution < -0.4 is 0 Å². The minimum atomic E-state index is 0.764. The topological polar surface area (TPSA) is 17.1 Å².